The van der Waals surface area contributed by atoms with Crippen LogP contribution in [0.5, 0.6) is 0 Å². The number of nitrogens with zero attached hydrogens (tertiary/aromatic N) is 1. The molecule has 0 saturated carbocycles. The van der Waals surface area contributed by atoms with Crippen LogP contribution in [0.1, 0.15) is 18.1 Å². The predicted molar refractivity (Wildman–Crippen MR) is 60.3 cm³/mol. The van der Waals surface area contributed by atoms with Gasteiger partial charge in [-0.15, -0.1) is 0 Å². The predicted octanol–water partition coefficient (Wildman–Crippen LogP) is 0.828. The SMILES string of the molecule is CCOC(=O)Cc1c(N)cc(N)cc1C#N. The molecule has 5 heteroatoms. The fourth-order valence-corrected chi connectivity index (χ4v) is 1.37. The molecule has 0 unspecified atom stereocenters. The van der Waals surface area contributed by atoms with Gasteiger partial charge >= 0.3 is 5.97 Å². The van der Waals surface area contributed by atoms with Crippen molar-refractivity contribution >= 4 is 17.3 Å². The summed E-state index contributed by atoms with van der Waals surface area (Å²) in [5, 5.41) is 8.90. The minimum atomic E-state index is -0.407. The Morgan fingerprint density at radius 1 is 1.50 bits per heavy atom. The molecule has 0 aromatic heterocycles. The molecule has 0 aliphatic carbocycles. The van der Waals surface area contributed by atoms with E-state index in [-0.39, 0.29) is 6.42 Å². The number of ether oxygens (including phenoxy) is 1. The van der Waals surface area contributed by atoms with E-state index >= 15 is 0 Å². The number of nitriles is 1. The minimum Gasteiger partial charge on any atom is -0.466 e. The van der Waals surface area contributed by atoms with Crippen molar-refractivity contribution < 1.29 is 9.53 Å². The summed E-state index contributed by atoms with van der Waals surface area (Å²) < 4.78 is 4.80. The monoisotopic (exact) mass is 219 g/mol. The molecule has 0 heterocycles. The molecule has 1 aromatic carbocycles. The van der Waals surface area contributed by atoms with Crippen LogP contribution < -0.4 is 11.5 Å². The summed E-state index contributed by atoms with van der Waals surface area (Å²) in [5.41, 5.74) is 12.8. The molecular formula is C11H13N3O2. The number of carbonyl (C=O) groups excluding carboxylic acids is 1. The molecule has 0 fully saturated rings. The highest BCUT2D eigenvalue weighted by Crippen LogP contribution is 2.21. The van der Waals surface area contributed by atoms with E-state index in [0.717, 1.165) is 0 Å². The van der Waals surface area contributed by atoms with E-state index in [2.05, 4.69) is 0 Å². The Morgan fingerprint density at radius 3 is 2.75 bits per heavy atom. The molecule has 16 heavy (non-hydrogen) atoms. The zero-order chi connectivity index (χ0) is 12.1. The summed E-state index contributed by atoms with van der Waals surface area (Å²) in [6, 6.07) is 4.97. The average Bonchev–Trinajstić information content (AvgIpc) is 2.22. The summed E-state index contributed by atoms with van der Waals surface area (Å²) in [6.07, 6.45) is -0.0111. The number of nitrogen functional groups attached to an aromatic ring is 2. The molecule has 5 nitrogen and oxygen atoms in total. The van der Waals surface area contributed by atoms with Crippen molar-refractivity contribution in [3.63, 3.8) is 0 Å². The highest BCUT2D eigenvalue weighted by atomic mass is 16.5. The lowest BCUT2D eigenvalue weighted by Crippen LogP contribution is -2.11. The Hall–Kier alpha value is -2.22. The molecule has 0 aliphatic heterocycles. The zero-order valence-electron chi connectivity index (χ0n) is 8.99. The van der Waals surface area contributed by atoms with Crippen LogP contribution in [0.25, 0.3) is 0 Å². The first-order valence-electron chi connectivity index (χ1n) is 4.82. The minimum absolute atomic E-state index is 0.0111. The molecule has 0 aliphatic rings. The van der Waals surface area contributed by atoms with E-state index < -0.39 is 5.97 Å². The number of carbonyl (C=O) groups is 1. The van der Waals surface area contributed by atoms with Crippen molar-refractivity contribution in [3.05, 3.63) is 23.3 Å². The topological polar surface area (TPSA) is 102 Å². The maximum atomic E-state index is 11.3. The van der Waals surface area contributed by atoms with Crippen LogP contribution in [-0.4, -0.2) is 12.6 Å². The van der Waals surface area contributed by atoms with Crippen molar-refractivity contribution in [1.82, 2.24) is 0 Å². The van der Waals surface area contributed by atoms with Crippen LogP contribution in [-0.2, 0) is 16.0 Å². The highest BCUT2D eigenvalue weighted by molar-refractivity contribution is 5.77. The van der Waals surface area contributed by atoms with Gasteiger partial charge in [-0.25, -0.2) is 0 Å². The summed E-state index contributed by atoms with van der Waals surface area (Å²) in [6.45, 7) is 2.02. The lowest BCUT2D eigenvalue weighted by atomic mass is 10.0. The van der Waals surface area contributed by atoms with Gasteiger partial charge in [0.15, 0.2) is 0 Å². The molecule has 0 radical (unpaired) electrons. The van der Waals surface area contributed by atoms with Gasteiger partial charge in [-0.2, -0.15) is 5.26 Å². The third-order valence-corrected chi connectivity index (χ3v) is 2.05. The Morgan fingerprint density at radius 2 is 2.19 bits per heavy atom. The Bertz CT molecular complexity index is 449. The van der Waals surface area contributed by atoms with Crippen molar-refractivity contribution in [3.8, 4) is 6.07 Å². The number of esters is 1. The normalized spacial score (nSPS) is 9.50. The number of hydrogen-bond donors (Lipinski definition) is 2. The number of hydrogen-bond acceptors (Lipinski definition) is 5. The first kappa shape index (κ1) is 11.9. The van der Waals surface area contributed by atoms with Gasteiger partial charge in [0.1, 0.15) is 0 Å². The van der Waals surface area contributed by atoms with Gasteiger partial charge in [0.2, 0.25) is 0 Å². The van der Waals surface area contributed by atoms with Gasteiger partial charge < -0.3 is 16.2 Å². The number of benzene rings is 1. The summed E-state index contributed by atoms with van der Waals surface area (Å²) >= 11 is 0. The van der Waals surface area contributed by atoms with Crippen molar-refractivity contribution in [2.24, 2.45) is 0 Å². The van der Waals surface area contributed by atoms with Crippen LogP contribution in [0.15, 0.2) is 12.1 Å². The maximum absolute atomic E-state index is 11.3. The van der Waals surface area contributed by atoms with Crippen LogP contribution in [0.4, 0.5) is 11.4 Å². The second-order valence-electron chi connectivity index (χ2n) is 3.23. The van der Waals surface area contributed by atoms with E-state index in [1.165, 1.54) is 12.1 Å². The smallest absolute Gasteiger partial charge is 0.310 e. The average molecular weight is 219 g/mol. The Kier molecular flexibility index (Phi) is 3.72. The van der Waals surface area contributed by atoms with Crippen LogP contribution in [0.3, 0.4) is 0 Å². The Balaban J connectivity index is 3.04. The molecule has 84 valence electrons. The van der Waals surface area contributed by atoms with Gasteiger partial charge in [-0.05, 0) is 19.1 Å². The van der Waals surface area contributed by atoms with Crippen LogP contribution in [0.2, 0.25) is 0 Å². The van der Waals surface area contributed by atoms with E-state index in [9.17, 15) is 4.79 Å². The molecule has 0 spiro atoms. The Labute approximate surface area is 93.6 Å². The molecule has 0 atom stereocenters. The second kappa shape index (κ2) is 5.03. The molecule has 1 rings (SSSR count). The largest absolute Gasteiger partial charge is 0.466 e. The number of anilines is 2. The van der Waals surface area contributed by atoms with Crippen molar-refractivity contribution in [1.29, 1.82) is 5.26 Å². The summed E-state index contributed by atoms with van der Waals surface area (Å²) in [7, 11) is 0. The van der Waals surface area contributed by atoms with E-state index in [4.69, 9.17) is 21.5 Å². The molecule has 4 N–H and O–H groups in total. The third-order valence-electron chi connectivity index (χ3n) is 2.05. The van der Waals surface area contributed by atoms with Gasteiger partial charge in [-0.1, -0.05) is 0 Å². The third kappa shape index (κ3) is 2.64. The standard InChI is InChI=1S/C11H13N3O2/c1-2-16-11(15)5-9-7(6-12)3-8(13)4-10(9)14/h3-4H,2,5,13-14H2,1H3. The lowest BCUT2D eigenvalue weighted by molar-refractivity contribution is -0.142. The lowest BCUT2D eigenvalue weighted by Gasteiger charge is -2.08. The van der Waals surface area contributed by atoms with Crippen molar-refractivity contribution in [2.45, 2.75) is 13.3 Å². The second-order valence-corrected chi connectivity index (χ2v) is 3.23. The quantitative estimate of drug-likeness (QED) is 0.579. The molecule has 0 bridgehead atoms. The molecular weight excluding hydrogens is 206 g/mol. The summed E-state index contributed by atoms with van der Waals surface area (Å²) in [4.78, 5) is 11.3. The zero-order valence-corrected chi connectivity index (χ0v) is 8.99. The first-order chi connectivity index (χ1) is 7.58. The maximum Gasteiger partial charge on any atom is 0.310 e. The van der Waals surface area contributed by atoms with Gasteiger partial charge in [0.05, 0.1) is 24.7 Å². The molecule has 0 amide bonds. The molecule has 0 saturated heterocycles. The van der Waals surface area contributed by atoms with E-state index in [1.54, 1.807) is 6.92 Å². The van der Waals surface area contributed by atoms with Crippen LogP contribution >= 0.6 is 0 Å². The van der Waals surface area contributed by atoms with Crippen LogP contribution in [0, 0.1) is 11.3 Å². The van der Waals surface area contributed by atoms with Gasteiger partial charge in [0, 0.05) is 16.9 Å². The molecule has 1 aromatic rings. The fourth-order valence-electron chi connectivity index (χ4n) is 1.37. The number of nitrogens with two attached hydrogens (primary N) is 2. The first-order valence-corrected chi connectivity index (χ1v) is 4.82. The van der Waals surface area contributed by atoms with E-state index in [0.29, 0.717) is 29.1 Å². The van der Waals surface area contributed by atoms with E-state index in [1.807, 2.05) is 6.07 Å². The summed E-state index contributed by atoms with van der Waals surface area (Å²) in [5.74, 6) is -0.407. The number of rotatable bonds is 3. The fraction of sp³-hybridized carbons (Fsp3) is 0.273. The van der Waals surface area contributed by atoms with Crippen molar-refractivity contribution in [2.75, 3.05) is 18.1 Å². The highest BCUT2D eigenvalue weighted by Gasteiger charge is 2.12. The van der Waals surface area contributed by atoms with Gasteiger partial charge in [0.25, 0.3) is 0 Å². The van der Waals surface area contributed by atoms with Gasteiger partial charge in [-0.3, -0.25) is 4.79 Å².